The maximum absolute atomic E-state index is 12.7. The molecule has 0 saturated carbocycles. The van der Waals surface area contributed by atoms with E-state index >= 15 is 0 Å². The number of rotatable bonds is 8. The van der Waals surface area contributed by atoms with Crippen LogP contribution in [0.1, 0.15) is 29.0 Å². The molecule has 1 unspecified atom stereocenters. The predicted molar refractivity (Wildman–Crippen MR) is 94.1 cm³/mol. The van der Waals surface area contributed by atoms with E-state index < -0.39 is 17.7 Å². The number of aliphatic carboxylic acids is 1. The molecule has 0 fully saturated rings. The second kappa shape index (κ2) is 8.85. The highest BCUT2D eigenvalue weighted by Crippen LogP contribution is 2.30. The highest BCUT2D eigenvalue weighted by molar-refractivity contribution is 5.68. The van der Waals surface area contributed by atoms with Gasteiger partial charge in [-0.2, -0.15) is 13.2 Å². The molecule has 0 spiro atoms. The molecule has 2 aromatic rings. The predicted octanol–water partition coefficient (Wildman–Crippen LogP) is 4.44. The number of alkyl halides is 3. The van der Waals surface area contributed by atoms with Gasteiger partial charge in [-0.3, -0.25) is 9.69 Å². The summed E-state index contributed by atoms with van der Waals surface area (Å²) in [6.45, 7) is 0.550. The van der Waals surface area contributed by atoms with Gasteiger partial charge in [0.25, 0.3) is 0 Å². The van der Waals surface area contributed by atoms with Crippen molar-refractivity contribution in [2.75, 3.05) is 20.1 Å². The van der Waals surface area contributed by atoms with E-state index in [1.54, 1.807) is 11.9 Å². The Morgan fingerprint density at radius 3 is 2.23 bits per heavy atom. The minimum Gasteiger partial charge on any atom is -0.480 e. The Morgan fingerprint density at radius 2 is 1.69 bits per heavy atom. The number of halogens is 3. The van der Waals surface area contributed by atoms with Crippen LogP contribution in [-0.2, 0) is 17.4 Å². The van der Waals surface area contributed by atoms with Gasteiger partial charge in [0.05, 0.1) is 12.1 Å². The molecule has 0 aromatic heterocycles. The Bertz CT molecular complexity index is 699. The van der Waals surface area contributed by atoms with Crippen molar-refractivity contribution < 1.29 is 23.1 Å². The topological polar surface area (TPSA) is 40.5 Å². The monoisotopic (exact) mass is 365 g/mol. The highest BCUT2D eigenvalue weighted by atomic mass is 19.4. The molecule has 0 aliphatic heterocycles. The molecule has 0 aliphatic rings. The zero-order valence-corrected chi connectivity index (χ0v) is 14.5. The molecular formula is C20H22F3NO2. The van der Waals surface area contributed by atoms with Crippen molar-refractivity contribution in [3.63, 3.8) is 0 Å². The van der Waals surface area contributed by atoms with Crippen LogP contribution in [0.25, 0.3) is 0 Å². The number of nitrogens with zero attached hydrogens (tertiary/aromatic N) is 1. The van der Waals surface area contributed by atoms with Crippen molar-refractivity contribution in [3.05, 3.63) is 71.3 Å². The normalized spacial score (nSPS) is 13.0. The van der Waals surface area contributed by atoms with Crippen LogP contribution in [0.2, 0.25) is 0 Å². The molecule has 1 N–H and O–H groups in total. The molecule has 0 radical (unpaired) electrons. The van der Waals surface area contributed by atoms with Crippen molar-refractivity contribution in [1.29, 1.82) is 0 Å². The third-order valence-corrected chi connectivity index (χ3v) is 4.30. The summed E-state index contributed by atoms with van der Waals surface area (Å²) in [6.07, 6.45) is -3.02. The molecule has 2 aromatic carbocycles. The number of carboxylic acid groups (broad SMARTS) is 1. The summed E-state index contributed by atoms with van der Waals surface area (Å²) in [6, 6.07) is 15.0. The molecule has 26 heavy (non-hydrogen) atoms. The molecule has 0 amide bonds. The first-order valence-electron chi connectivity index (χ1n) is 8.37. The average molecular weight is 365 g/mol. The summed E-state index contributed by atoms with van der Waals surface area (Å²) in [5, 5.41) is 8.86. The van der Waals surface area contributed by atoms with Crippen LogP contribution < -0.4 is 0 Å². The van der Waals surface area contributed by atoms with Crippen LogP contribution in [-0.4, -0.2) is 36.1 Å². The molecule has 6 heteroatoms. The van der Waals surface area contributed by atoms with E-state index in [9.17, 15) is 18.0 Å². The van der Waals surface area contributed by atoms with Crippen LogP contribution >= 0.6 is 0 Å². The zero-order valence-electron chi connectivity index (χ0n) is 14.5. The van der Waals surface area contributed by atoms with Gasteiger partial charge >= 0.3 is 12.1 Å². The lowest BCUT2D eigenvalue weighted by atomic mass is 9.89. The minimum atomic E-state index is -4.34. The Hall–Kier alpha value is -2.34. The van der Waals surface area contributed by atoms with E-state index in [1.807, 2.05) is 30.3 Å². The first-order valence-corrected chi connectivity index (χ1v) is 8.37. The smallest absolute Gasteiger partial charge is 0.416 e. The molecule has 0 saturated heterocycles. The lowest BCUT2D eigenvalue weighted by Gasteiger charge is -2.21. The van der Waals surface area contributed by atoms with Gasteiger partial charge in [0.15, 0.2) is 0 Å². The molecule has 1 atom stereocenters. The van der Waals surface area contributed by atoms with Gasteiger partial charge < -0.3 is 5.11 Å². The lowest BCUT2D eigenvalue weighted by molar-refractivity contribution is -0.138. The van der Waals surface area contributed by atoms with Crippen molar-refractivity contribution >= 4 is 5.97 Å². The van der Waals surface area contributed by atoms with Gasteiger partial charge in [-0.1, -0.05) is 42.5 Å². The van der Waals surface area contributed by atoms with Crippen LogP contribution in [0.5, 0.6) is 0 Å². The van der Waals surface area contributed by atoms with Crippen molar-refractivity contribution in [3.8, 4) is 0 Å². The van der Waals surface area contributed by atoms with E-state index in [1.165, 1.54) is 12.1 Å². The molecule has 0 bridgehead atoms. The fraction of sp³-hybridized carbons (Fsp3) is 0.350. The summed E-state index contributed by atoms with van der Waals surface area (Å²) in [5.74, 6) is -0.782. The van der Waals surface area contributed by atoms with Crippen LogP contribution in [0.15, 0.2) is 54.6 Å². The van der Waals surface area contributed by atoms with E-state index in [4.69, 9.17) is 5.11 Å². The lowest BCUT2D eigenvalue weighted by Crippen LogP contribution is -2.27. The quantitative estimate of drug-likeness (QED) is 0.752. The van der Waals surface area contributed by atoms with Gasteiger partial charge in [0.2, 0.25) is 0 Å². The van der Waals surface area contributed by atoms with Crippen LogP contribution in [0.4, 0.5) is 13.2 Å². The van der Waals surface area contributed by atoms with E-state index in [-0.39, 0.29) is 12.5 Å². The summed E-state index contributed by atoms with van der Waals surface area (Å²) in [5.41, 5.74) is 1.27. The van der Waals surface area contributed by atoms with E-state index in [2.05, 4.69) is 0 Å². The van der Waals surface area contributed by atoms with E-state index in [0.717, 1.165) is 29.7 Å². The minimum absolute atomic E-state index is 0.0399. The summed E-state index contributed by atoms with van der Waals surface area (Å²) < 4.78 is 38.1. The average Bonchev–Trinajstić information content (AvgIpc) is 2.58. The molecule has 0 heterocycles. The molecule has 3 nitrogen and oxygen atoms in total. The number of benzene rings is 2. The standard InChI is InChI=1S/C20H22F3NO2/c1-24(14-19(25)26)12-11-17(16-5-3-2-4-6-16)13-15-7-9-18(10-8-15)20(21,22)23/h2-10,17H,11-14H2,1H3,(H,25,26). The van der Waals surface area contributed by atoms with Crippen molar-refractivity contribution in [2.45, 2.75) is 24.9 Å². The second-order valence-electron chi connectivity index (χ2n) is 6.43. The fourth-order valence-electron chi connectivity index (χ4n) is 2.91. The van der Waals surface area contributed by atoms with Gasteiger partial charge in [-0.15, -0.1) is 0 Å². The van der Waals surface area contributed by atoms with Crippen molar-refractivity contribution in [2.24, 2.45) is 0 Å². The highest BCUT2D eigenvalue weighted by Gasteiger charge is 2.30. The Labute approximate surface area is 151 Å². The van der Waals surface area contributed by atoms with Gasteiger partial charge in [0.1, 0.15) is 0 Å². The maximum Gasteiger partial charge on any atom is 0.416 e. The first-order chi connectivity index (χ1) is 12.3. The van der Waals surface area contributed by atoms with Crippen LogP contribution in [0, 0.1) is 0 Å². The molecule has 2 rings (SSSR count). The van der Waals surface area contributed by atoms with Gasteiger partial charge in [0, 0.05) is 0 Å². The fourth-order valence-corrected chi connectivity index (χ4v) is 2.91. The molecular weight excluding hydrogens is 343 g/mol. The van der Waals surface area contributed by atoms with E-state index in [0.29, 0.717) is 13.0 Å². The SMILES string of the molecule is CN(CCC(Cc1ccc(C(F)(F)F)cc1)c1ccccc1)CC(=O)O. The maximum atomic E-state index is 12.7. The second-order valence-corrected chi connectivity index (χ2v) is 6.43. The Kier molecular flexibility index (Phi) is 6.80. The first kappa shape index (κ1) is 20.0. The largest absolute Gasteiger partial charge is 0.480 e. The third-order valence-electron chi connectivity index (χ3n) is 4.30. The number of carboxylic acids is 1. The molecule has 140 valence electrons. The third kappa shape index (κ3) is 6.19. The van der Waals surface area contributed by atoms with Crippen molar-refractivity contribution in [1.82, 2.24) is 4.90 Å². The Morgan fingerprint density at radius 1 is 1.08 bits per heavy atom. The summed E-state index contributed by atoms with van der Waals surface area (Å²) in [4.78, 5) is 12.5. The number of carbonyl (C=O) groups is 1. The summed E-state index contributed by atoms with van der Waals surface area (Å²) in [7, 11) is 1.74. The number of hydrogen-bond acceptors (Lipinski definition) is 2. The van der Waals surface area contributed by atoms with Gasteiger partial charge in [-0.25, -0.2) is 0 Å². The zero-order chi connectivity index (χ0) is 19.2. The Balaban J connectivity index is 2.10. The number of hydrogen-bond donors (Lipinski definition) is 1. The molecule has 0 aliphatic carbocycles. The van der Waals surface area contributed by atoms with Gasteiger partial charge in [-0.05, 0) is 55.6 Å². The summed E-state index contributed by atoms with van der Waals surface area (Å²) >= 11 is 0. The van der Waals surface area contributed by atoms with Crippen LogP contribution in [0.3, 0.4) is 0 Å². The number of likely N-dealkylation sites (N-methyl/N-ethyl adjacent to an activating group) is 1.